The van der Waals surface area contributed by atoms with E-state index >= 15 is 0 Å². The number of amides is 1. The third-order valence-corrected chi connectivity index (χ3v) is 7.47. The number of ether oxygens (including phenoxy) is 1. The first-order valence-electron chi connectivity index (χ1n) is 9.71. The Morgan fingerprint density at radius 2 is 1.72 bits per heavy atom. The highest BCUT2D eigenvalue weighted by Gasteiger charge is 2.54. The summed E-state index contributed by atoms with van der Waals surface area (Å²) in [5, 5.41) is 9.57. The summed E-state index contributed by atoms with van der Waals surface area (Å²) in [5.74, 6) is 1.53. The number of carbonyl (C=O) groups is 2. The SMILES string of the molecule is CC(CS)C(=O)N1C[C@@H](OC23CC4CC(CC(C4)C2)C3)C[C@H]1C(=O)O. The highest BCUT2D eigenvalue weighted by Crippen LogP contribution is 2.57. The van der Waals surface area contributed by atoms with Crippen molar-refractivity contribution in [2.75, 3.05) is 12.3 Å². The molecule has 1 unspecified atom stereocenters. The number of carboxylic acids is 1. The maximum absolute atomic E-state index is 12.6. The van der Waals surface area contributed by atoms with E-state index in [0.717, 1.165) is 37.0 Å². The maximum Gasteiger partial charge on any atom is 0.326 e. The second-order valence-corrected chi connectivity index (χ2v) is 9.37. The van der Waals surface area contributed by atoms with Gasteiger partial charge in [0.15, 0.2) is 0 Å². The second-order valence-electron chi connectivity index (χ2n) is 9.00. The number of carboxylic acid groups (broad SMARTS) is 1. The zero-order valence-electron chi connectivity index (χ0n) is 14.9. The molecule has 4 bridgehead atoms. The van der Waals surface area contributed by atoms with Crippen LogP contribution in [0, 0.1) is 23.7 Å². The molecule has 5 rings (SSSR count). The Kier molecular flexibility index (Phi) is 4.55. The number of rotatable bonds is 5. The van der Waals surface area contributed by atoms with Crippen molar-refractivity contribution in [1.82, 2.24) is 4.90 Å². The molecule has 0 spiro atoms. The Morgan fingerprint density at radius 3 is 2.20 bits per heavy atom. The van der Waals surface area contributed by atoms with Gasteiger partial charge in [-0.15, -0.1) is 0 Å². The van der Waals surface area contributed by atoms with Gasteiger partial charge >= 0.3 is 5.97 Å². The summed E-state index contributed by atoms with van der Waals surface area (Å²) in [7, 11) is 0. The van der Waals surface area contributed by atoms with E-state index in [9.17, 15) is 14.7 Å². The monoisotopic (exact) mass is 367 g/mol. The van der Waals surface area contributed by atoms with Gasteiger partial charge in [-0.3, -0.25) is 4.79 Å². The van der Waals surface area contributed by atoms with E-state index in [4.69, 9.17) is 4.74 Å². The maximum atomic E-state index is 12.6. The highest BCUT2D eigenvalue weighted by molar-refractivity contribution is 7.80. The summed E-state index contributed by atoms with van der Waals surface area (Å²) in [6, 6.07) is -0.756. The molecule has 5 nitrogen and oxygen atoms in total. The van der Waals surface area contributed by atoms with Gasteiger partial charge in [-0.2, -0.15) is 12.6 Å². The van der Waals surface area contributed by atoms with Crippen molar-refractivity contribution in [3.05, 3.63) is 0 Å². The van der Waals surface area contributed by atoms with E-state index in [1.54, 1.807) is 0 Å². The summed E-state index contributed by atoms with van der Waals surface area (Å²) >= 11 is 4.19. The Balaban J connectivity index is 1.47. The normalized spacial score (nSPS) is 43.4. The smallest absolute Gasteiger partial charge is 0.326 e. The van der Waals surface area contributed by atoms with E-state index in [-0.39, 0.29) is 23.5 Å². The minimum absolute atomic E-state index is 0.0450. The van der Waals surface area contributed by atoms with Crippen LogP contribution in [0.2, 0.25) is 0 Å². The lowest BCUT2D eigenvalue weighted by Crippen LogP contribution is -2.53. The van der Waals surface area contributed by atoms with Crippen LogP contribution in [0.1, 0.15) is 51.9 Å². The molecule has 0 aromatic carbocycles. The van der Waals surface area contributed by atoms with Crippen LogP contribution in [0.4, 0.5) is 0 Å². The molecule has 140 valence electrons. The second kappa shape index (κ2) is 6.45. The first-order chi connectivity index (χ1) is 11.9. The van der Waals surface area contributed by atoms with Crippen molar-refractivity contribution >= 4 is 24.5 Å². The topological polar surface area (TPSA) is 66.8 Å². The molecule has 4 saturated carbocycles. The first kappa shape index (κ1) is 17.7. The standard InChI is InChI=1S/C19H29NO4S/c1-11(10-25)17(21)20-9-15(5-16(20)18(22)23)24-19-6-12-2-13(7-19)4-14(3-12)8-19/h11-16,25H,2-10H2,1H3,(H,22,23)/t11?,12?,13?,14?,15-,16-,19?/m0/s1. The summed E-state index contributed by atoms with van der Waals surface area (Å²) in [6.45, 7) is 2.22. The molecule has 0 aromatic rings. The van der Waals surface area contributed by atoms with E-state index in [1.807, 2.05) is 6.92 Å². The fourth-order valence-electron chi connectivity index (χ4n) is 6.25. The molecule has 1 N–H and O–H groups in total. The average molecular weight is 368 g/mol. The van der Waals surface area contributed by atoms with Crippen molar-refractivity contribution in [3.8, 4) is 0 Å². The van der Waals surface area contributed by atoms with Gasteiger partial charge in [-0.05, 0) is 56.3 Å². The highest BCUT2D eigenvalue weighted by atomic mass is 32.1. The van der Waals surface area contributed by atoms with Gasteiger partial charge in [0.2, 0.25) is 5.91 Å². The Hall–Kier alpha value is -0.750. The van der Waals surface area contributed by atoms with Gasteiger partial charge in [0.25, 0.3) is 0 Å². The number of hydrogen-bond acceptors (Lipinski definition) is 4. The van der Waals surface area contributed by atoms with Crippen LogP contribution in [-0.4, -0.2) is 51.9 Å². The van der Waals surface area contributed by atoms with Crippen LogP contribution in [-0.2, 0) is 14.3 Å². The minimum atomic E-state index is -0.920. The number of likely N-dealkylation sites (tertiary alicyclic amines) is 1. The quantitative estimate of drug-likeness (QED) is 0.733. The van der Waals surface area contributed by atoms with Crippen LogP contribution in [0.3, 0.4) is 0 Å². The van der Waals surface area contributed by atoms with Crippen molar-refractivity contribution in [2.45, 2.75) is 69.6 Å². The van der Waals surface area contributed by atoms with Crippen molar-refractivity contribution < 1.29 is 19.4 Å². The van der Waals surface area contributed by atoms with Gasteiger partial charge in [-0.1, -0.05) is 6.92 Å². The predicted molar refractivity (Wildman–Crippen MR) is 96.5 cm³/mol. The van der Waals surface area contributed by atoms with Crippen molar-refractivity contribution in [3.63, 3.8) is 0 Å². The lowest BCUT2D eigenvalue weighted by molar-refractivity contribution is -0.185. The van der Waals surface area contributed by atoms with E-state index < -0.39 is 12.0 Å². The molecule has 3 atom stereocenters. The Morgan fingerprint density at radius 1 is 1.16 bits per heavy atom. The van der Waals surface area contributed by atoms with Gasteiger partial charge in [-0.25, -0.2) is 4.79 Å². The minimum Gasteiger partial charge on any atom is -0.480 e. The zero-order chi connectivity index (χ0) is 17.8. The predicted octanol–water partition coefficient (Wildman–Crippen LogP) is 2.59. The van der Waals surface area contributed by atoms with Gasteiger partial charge in [0.05, 0.1) is 11.7 Å². The van der Waals surface area contributed by atoms with E-state index in [0.29, 0.717) is 18.7 Å². The third-order valence-electron chi connectivity index (χ3n) is 6.92. The summed E-state index contributed by atoms with van der Waals surface area (Å²) < 4.78 is 6.61. The summed E-state index contributed by atoms with van der Waals surface area (Å²) in [6.07, 6.45) is 7.74. The number of hydrogen-bond donors (Lipinski definition) is 2. The van der Waals surface area contributed by atoms with Crippen LogP contribution >= 0.6 is 12.6 Å². The van der Waals surface area contributed by atoms with Gasteiger partial charge < -0.3 is 14.7 Å². The molecule has 1 aliphatic heterocycles. The van der Waals surface area contributed by atoms with Crippen LogP contribution in [0.25, 0.3) is 0 Å². The van der Waals surface area contributed by atoms with Crippen LogP contribution in [0.5, 0.6) is 0 Å². The molecular weight excluding hydrogens is 338 g/mol. The third kappa shape index (κ3) is 3.20. The van der Waals surface area contributed by atoms with Crippen molar-refractivity contribution in [2.24, 2.45) is 23.7 Å². The number of nitrogens with zero attached hydrogens (tertiary/aromatic N) is 1. The Labute approximate surface area is 154 Å². The molecule has 5 aliphatic rings. The number of aliphatic carboxylic acids is 1. The average Bonchev–Trinajstić information content (AvgIpc) is 2.95. The van der Waals surface area contributed by atoms with Crippen LogP contribution < -0.4 is 0 Å². The molecule has 5 fully saturated rings. The molecule has 0 aromatic heterocycles. The first-order valence-corrected chi connectivity index (χ1v) is 10.3. The van der Waals surface area contributed by atoms with E-state index in [1.165, 1.54) is 24.2 Å². The fourth-order valence-corrected chi connectivity index (χ4v) is 6.41. The fraction of sp³-hybridized carbons (Fsp3) is 0.895. The summed E-state index contributed by atoms with van der Waals surface area (Å²) in [5.41, 5.74) is -0.0450. The van der Waals surface area contributed by atoms with Crippen molar-refractivity contribution in [1.29, 1.82) is 0 Å². The largest absolute Gasteiger partial charge is 0.480 e. The molecular formula is C19H29NO4S. The molecule has 4 aliphatic carbocycles. The molecule has 6 heteroatoms. The lowest BCUT2D eigenvalue weighted by Gasteiger charge is -2.57. The Bertz CT molecular complexity index is 530. The van der Waals surface area contributed by atoms with E-state index in [2.05, 4.69) is 12.6 Å². The number of carbonyl (C=O) groups excluding carboxylic acids is 1. The summed E-state index contributed by atoms with van der Waals surface area (Å²) in [4.78, 5) is 25.7. The molecule has 25 heavy (non-hydrogen) atoms. The van der Waals surface area contributed by atoms with Crippen LogP contribution in [0.15, 0.2) is 0 Å². The molecule has 0 radical (unpaired) electrons. The number of thiol groups is 1. The zero-order valence-corrected chi connectivity index (χ0v) is 15.8. The van der Waals surface area contributed by atoms with Gasteiger partial charge in [0, 0.05) is 24.6 Å². The molecule has 1 saturated heterocycles. The molecule has 1 heterocycles. The lowest BCUT2D eigenvalue weighted by atomic mass is 9.54. The van der Waals surface area contributed by atoms with Gasteiger partial charge in [0.1, 0.15) is 6.04 Å². The molecule has 1 amide bonds.